The number of morpholine rings is 1. The van der Waals surface area contributed by atoms with Crippen molar-refractivity contribution in [2.24, 2.45) is 0 Å². The highest BCUT2D eigenvalue weighted by atomic mass is 16.5. The average Bonchev–Trinajstić information content (AvgIpc) is 2.96. The van der Waals surface area contributed by atoms with Crippen LogP contribution in [-0.4, -0.2) is 56.9 Å². The minimum Gasteiger partial charge on any atom is -0.492 e. The van der Waals surface area contributed by atoms with Crippen LogP contribution >= 0.6 is 0 Å². The van der Waals surface area contributed by atoms with Gasteiger partial charge in [-0.05, 0) is 82.7 Å². The fourth-order valence-electron chi connectivity index (χ4n) is 5.94. The van der Waals surface area contributed by atoms with Crippen LogP contribution in [0.3, 0.4) is 0 Å². The van der Waals surface area contributed by atoms with Gasteiger partial charge in [-0.2, -0.15) is 0 Å². The zero-order chi connectivity index (χ0) is 28.3. The molecular weight excluding hydrogens is 498 g/mol. The van der Waals surface area contributed by atoms with Crippen molar-refractivity contribution in [3.05, 3.63) is 77.4 Å². The van der Waals surface area contributed by atoms with E-state index < -0.39 is 0 Å². The molecule has 0 spiro atoms. The Morgan fingerprint density at radius 2 is 1.48 bits per heavy atom. The molecule has 0 saturated carbocycles. The third-order valence-electron chi connectivity index (χ3n) is 8.64. The van der Waals surface area contributed by atoms with Crippen LogP contribution in [0.2, 0.25) is 0 Å². The number of benzene rings is 3. The summed E-state index contributed by atoms with van der Waals surface area (Å²) in [5, 5.41) is 0. The number of fused-ring (bicyclic) bond motifs is 1. The van der Waals surface area contributed by atoms with Gasteiger partial charge in [-0.15, -0.1) is 0 Å². The molecule has 1 aliphatic carbocycles. The van der Waals surface area contributed by atoms with E-state index >= 15 is 0 Å². The molecule has 1 heterocycles. The smallest absolute Gasteiger partial charge is 0.338 e. The Labute approximate surface area is 239 Å². The standard InChI is InChI=1S/C35H43NO4/c1-6-39-33(37)26-9-7-25(8-10-26)27-12-14-32(40-22-19-36-17-20-38-21-18-36)29(23-27)28-11-13-30-31(24-28)35(4,5)16-15-34(30,2)3/h7-14,23-24H,6,15-22H2,1-5H3. The Kier molecular flexibility index (Phi) is 8.34. The van der Waals surface area contributed by atoms with Crippen LogP contribution in [0.15, 0.2) is 60.7 Å². The molecule has 1 saturated heterocycles. The number of carbonyl (C=O) groups is 1. The molecule has 3 aromatic carbocycles. The van der Waals surface area contributed by atoms with E-state index in [1.165, 1.54) is 29.5 Å². The van der Waals surface area contributed by atoms with Crippen molar-refractivity contribution in [2.45, 2.75) is 58.3 Å². The van der Waals surface area contributed by atoms with Gasteiger partial charge in [0.1, 0.15) is 12.4 Å². The van der Waals surface area contributed by atoms with Crippen molar-refractivity contribution in [3.8, 4) is 28.0 Å². The summed E-state index contributed by atoms with van der Waals surface area (Å²) >= 11 is 0. The summed E-state index contributed by atoms with van der Waals surface area (Å²) in [6.07, 6.45) is 2.37. The van der Waals surface area contributed by atoms with Crippen LogP contribution in [0.4, 0.5) is 0 Å². The molecule has 0 amide bonds. The highest BCUT2D eigenvalue weighted by molar-refractivity contribution is 5.90. The molecular formula is C35H43NO4. The fourth-order valence-corrected chi connectivity index (χ4v) is 5.94. The van der Waals surface area contributed by atoms with Crippen molar-refractivity contribution in [2.75, 3.05) is 46.1 Å². The molecule has 0 unspecified atom stereocenters. The van der Waals surface area contributed by atoms with Crippen molar-refractivity contribution < 1.29 is 19.0 Å². The van der Waals surface area contributed by atoms with E-state index in [0.29, 0.717) is 18.8 Å². The van der Waals surface area contributed by atoms with E-state index in [1.807, 2.05) is 31.2 Å². The molecule has 0 radical (unpaired) electrons. The van der Waals surface area contributed by atoms with Crippen molar-refractivity contribution in [3.63, 3.8) is 0 Å². The minimum atomic E-state index is -0.293. The minimum absolute atomic E-state index is 0.124. The molecule has 0 bridgehead atoms. The maximum Gasteiger partial charge on any atom is 0.338 e. The summed E-state index contributed by atoms with van der Waals surface area (Å²) in [4.78, 5) is 14.6. The van der Waals surface area contributed by atoms with Crippen molar-refractivity contribution in [1.29, 1.82) is 0 Å². The van der Waals surface area contributed by atoms with E-state index in [0.717, 1.165) is 55.3 Å². The van der Waals surface area contributed by atoms with Crippen molar-refractivity contribution >= 4 is 5.97 Å². The quantitative estimate of drug-likeness (QED) is 0.281. The second-order valence-electron chi connectivity index (χ2n) is 12.3. The van der Waals surface area contributed by atoms with Gasteiger partial charge < -0.3 is 14.2 Å². The summed E-state index contributed by atoms with van der Waals surface area (Å²) in [5.74, 6) is 0.603. The van der Waals surface area contributed by atoms with Crippen LogP contribution in [0, 0.1) is 0 Å². The van der Waals surface area contributed by atoms with Gasteiger partial charge in [-0.25, -0.2) is 4.79 Å². The molecule has 1 aliphatic heterocycles. The summed E-state index contributed by atoms with van der Waals surface area (Å²) in [6, 6.07) is 21.1. The highest BCUT2D eigenvalue weighted by Gasteiger charge is 2.37. The zero-order valence-corrected chi connectivity index (χ0v) is 24.7. The average molecular weight is 542 g/mol. The second kappa shape index (κ2) is 11.8. The number of hydrogen-bond acceptors (Lipinski definition) is 5. The third-order valence-corrected chi connectivity index (χ3v) is 8.64. The maximum absolute atomic E-state index is 12.2. The van der Waals surface area contributed by atoms with Crippen LogP contribution in [0.1, 0.15) is 68.9 Å². The van der Waals surface area contributed by atoms with Gasteiger partial charge in [-0.3, -0.25) is 4.90 Å². The Hall–Kier alpha value is -3.15. The van der Waals surface area contributed by atoms with E-state index in [1.54, 1.807) is 0 Å². The number of esters is 1. The Balaban J connectivity index is 1.50. The molecule has 5 nitrogen and oxygen atoms in total. The molecule has 0 aromatic heterocycles. The first-order valence-electron chi connectivity index (χ1n) is 14.7. The number of ether oxygens (including phenoxy) is 3. The number of hydrogen-bond donors (Lipinski definition) is 0. The molecule has 3 aromatic rings. The lowest BCUT2D eigenvalue weighted by Gasteiger charge is -2.42. The lowest BCUT2D eigenvalue weighted by atomic mass is 9.63. The largest absolute Gasteiger partial charge is 0.492 e. The summed E-state index contributed by atoms with van der Waals surface area (Å²) in [7, 11) is 0. The lowest BCUT2D eigenvalue weighted by molar-refractivity contribution is 0.0323. The number of rotatable bonds is 8. The van der Waals surface area contributed by atoms with Gasteiger partial charge >= 0.3 is 5.97 Å². The summed E-state index contributed by atoms with van der Waals surface area (Å²) in [6.45, 7) is 16.6. The Bertz CT molecular complexity index is 1340. The predicted molar refractivity (Wildman–Crippen MR) is 161 cm³/mol. The molecule has 5 heteroatoms. The SMILES string of the molecule is CCOC(=O)c1ccc(-c2ccc(OCCN3CCOCC3)c(-c3ccc4c(c3)C(C)(C)CCC4(C)C)c2)cc1. The lowest BCUT2D eigenvalue weighted by Crippen LogP contribution is -2.38. The molecule has 0 N–H and O–H groups in total. The predicted octanol–water partition coefficient (Wildman–Crippen LogP) is 7.26. The van der Waals surface area contributed by atoms with Gasteiger partial charge in [0.15, 0.2) is 0 Å². The summed E-state index contributed by atoms with van der Waals surface area (Å²) in [5.41, 5.74) is 8.15. The van der Waals surface area contributed by atoms with Gasteiger partial charge in [0.05, 0.1) is 25.4 Å². The van der Waals surface area contributed by atoms with E-state index in [9.17, 15) is 4.79 Å². The van der Waals surface area contributed by atoms with Crippen LogP contribution < -0.4 is 4.74 Å². The topological polar surface area (TPSA) is 48.0 Å². The second-order valence-corrected chi connectivity index (χ2v) is 12.3. The molecule has 40 heavy (non-hydrogen) atoms. The molecule has 1 fully saturated rings. The monoisotopic (exact) mass is 541 g/mol. The fraction of sp³-hybridized carbons (Fsp3) is 0.457. The Morgan fingerprint density at radius 1 is 0.825 bits per heavy atom. The number of nitrogens with zero attached hydrogens (tertiary/aromatic N) is 1. The number of carbonyl (C=O) groups excluding carboxylic acids is 1. The molecule has 5 rings (SSSR count). The zero-order valence-electron chi connectivity index (χ0n) is 24.7. The van der Waals surface area contributed by atoms with Gasteiger partial charge in [0, 0.05) is 25.2 Å². The normalized spacial score (nSPS) is 18.1. The van der Waals surface area contributed by atoms with Crippen LogP contribution in [0.5, 0.6) is 5.75 Å². The van der Waals surface area contributed by atoms with Crippen LogP contribution in [-0.2, 0) is 20.3 Å². The van der Waals surface area contributed by atoms with E-state index in [-0.39, 0.29) is 16.8 Å². The first-order chi connectivity index (χ1) is 19.2. The van der Waals surface area contributed by atoms with E-state index in [4.69, 9.17) is 14.2 Å². The molecule has 0 atom stereocenters. The first kappa shape index (κ1) is 28.4. The van der Waals surface area contributed by atoms with Crippen molar-refractivity contribution in [1.82, 2.24) is 4.90 Å². The van der Waals surface area contributed by atoms with Crippen LogP contribution in [0.25, 0.3) is 22.3 Å². The van der Waals surface area contributed by atoms with Gasteiger partial charge in [-0.1, -0.05) is 64.1 Å². The summed E-state index contributed by atoms with van der Waals surface area (Å²) < 4.78 is 17.1. The van der Waals surface area contributed by atoms with E-state index in [2.05, 4.69) is 69.0 Å². The van der Waals surface area contributed by atoms with Gasteiger partial charge in [0.2, 0.25) is 0 Å². The maximum atomic E-state index is 12.2. The highest BCUT2D eigenvalue weighted by Crippen LogP contribution is 2.47. The first-order valence-corrected chi connectivity index (χ1v) is 14.7. The Morgan fingerprint density at radius 3 is 2.17 bits per heavy atom. The molecule has 2 aliphatic rings. The third kappa shape index (κ3) is 6.11. The van der Waals surface area contributed by atoms with Gasteiger partial charge in [0.25, 0.3) is 0 Å². The molecule has 212 valence electrons.